The van der Waals surface area contributed by atoms with E-state index in [1.54, 1.807) is 0 Å². The summed E-state index contributed by atoms with van der Waals surface area (Å²) >= 11 is 0. The summed E-state index contributed by atoms with van der Waals surface area (Å²) in [5.74, 6) is 0. The molecule has 3 heterocycles. The van der Waals surface area contributed by atoms with Crippen molar-refractivity contribution < 1.29 is 0 Å². The number of aromatic nitrogens is 1. The van der Waals surface area contributed by atoms with Crippen molar-refractivity contribution in [3.8, 4) is 0 Å². The molecular formula is C16H19N3. The minimum Gasteiger partial charge on any atom is -0.368 e. The first-order valence-corrected chi connectivity index (χ1v) is 7.23. The Kier molecular flexibility index (Phi) is 2.66. The first-order chi connectivity index (χ1) is 9.42. The lowest BCUT2D eigenvalue weighted by molar-refractivity contribution is 0.231. The second-order valence-corrected chi connectivity index (χ2v) is 5.65. The van der Waals surface area contributed by atoms with Crippen molar-refractivity contribution in [3.63, 3.8) is 0 Å². The van der Waals surface area contributed by atoms with E-state index in [0.717, 1.165) is 12.6 Å². The molecule has 2 aromatic rings. The molecule has 3 nitrogen and oxygen atoms in total. The zero-order valence-corrected chi connectivity index (χ0v) is 11.1. The summed E-state index contributed by atoms with van der Waals surface area (Å²) in [6.07, 6.45) is 6.61. The molecule has 1 atom stereocenters. The third-order valence-electron chi connectivity index (χ3n) is 4.59. The molecule has 4 rings (SSSR count). The number of piperazine rings is 1. The fourth-order valence-corrected chi connectivity index (χ4v) is 3.58. The third kappa shape index (κ3) is 1.89. The van der Waals surface area contributed by atoms with Gasteiger partial charge in [-0.3, -0.25) is 9.88 Å². The third-order valence-corrected chi connectivity index (χ3v) is 4.59. The van der Waals surface area contributed by atoms with Crippen molar-refractivity contribution in [2.45, 2.75) is 18.9 Å². The zero-order valence-electron chi connectivity index (χ0n) is 11.1. The molecule has 0 aliphatic carbocycles. The fraction of sp³-hybridized carbons (Fsp3) is 0.438. The molecule has 19 heavy (non-hydrogen) atoms. The molecule has 0 saturated carbocycles. The standard InChI is InChI=1S/C16H19N3/c1-3-13-6-7-17-11-15(13)16(5-1)19-10-9-18-8-2-4-14(18)12-19/h1,3,5-7,11,14H,2,4,8-10,12H2. The Hall–Kier alpha value is -1.61. The molecule has 0 N–H and O–H groups in total. The number of anilines is 1. The van der Waals surface area contributed by atoms with Crippen LogP contribution in [-0.2, 0) is 0 Å². The van der Waals surface area contributed by atoms with Crippen molar-refractivity contribution in [1.82, 2.24) is 9.88 Å². The number of fused-ring (bicyclic) bond motifs is 2. The molecule has 2 fully saturated rings. The van der Waals surface area contributed by atoms with Crippen LogP contribution in [0, 0.1) is 0 Å². The van der Waals surface area contributed by atoms with Crippen LogP contribution in [0.4, 0.5) is 5.69 Å². The van der Waals surface area contributed by atoms with Crippen LogP contribution in [0.5, 0.6) is 0 Å². The van der Waals surface area contributed by atoms with Crippen LogP contribution in [-0.4, -0.2) is 42.1 Å². The Bertz CT molecular complexity index is 590. The first kappa shape index (κ1) is 11.2. The van der Waals surface area contributed by atoms with Gasteiger partial charge in [-0.05, 0) is 36.9 Å². The van der Waals surface area contributed by atoms with Gasteiger partial charge in [-0.2, -0.15) is 0 Å². The van der Waals surface area contributed by atoms with E-state index >= 15 is 0 Å². The van der Waals surface area contributed by atoms with Gasteiger partial charge in [-0.15, -0.1) is 0 Å². The molecule has 1 aromatic carbocycles. The first-order valence-electron chi connectivity index (χ1n) is 7.23. The molecule has 0 amide bonds. The smallest absolute Gasteiger partial charge is 0.0462 e. The number of hydrogen-bond acceptors (Lipinski definition) is 3. The maximum absolute atomic E-state index is 4.30. The van der Waals surface area contributed by atoms with Gasteiger partial charge in [0, 0.05) is 49.1 Å². The van der Waals surface area contributed by atoms with Gasteiger partial charge in [0.2, 0.25) is 0 Å². The molecule has 2 saturated heterocycles. The highest BCUT2D eigenvalue weighted by atomic mass is 15.3. The van der Waals surface area contributed by atoms with Crippen LogP contribution in [0.2, 0.25) is 0 Å². The molecule has 3 heteroatoms. The van der Waals surface area contributed by atoms with Crippen LogP contribution in [0.3, 0.4) is 0 Å². The average Bonchev–Trinajstić information content (AvgIpc) is 2.94. The number of hydrogen-bond donors (Lipinski definition) is 0. The van der Waals surface area contributed by atoms with Crippen molar-refractivity contribution in [2.24, 2.45) is 0 Å². The number of nitrogens with zero attached hydrogens (tertiary/aromatic N) is 3. The van der Waals surface area contributed by atoms with Crippen LogP contribution < -0.4 is 4.90 Å². The van der Waals surface area contributed by atoms with Crippen molar-refractivity contribution >= 4 is 16.5 Å². The van der Waals surface area contributed by atoms with Gasteiger partial charge in [-0.1, -0.05) is 12.1 Å². The Labute approximate surface area is 113 Å². The molecule has 2 aliphatic heterocycles. The normalized spacial score (nSPS) is 23.8. The minimum absolute atomic E-state index is 0.765. The molecule has 0 bridgehead atoms. The number of benzene rings is 1. The molecule has 1 unspecified atom stereocenters. The fourth-order valence-electron chi connectivity index (χ4n) is 3.58. The maximum atomic E-state index is 4.30. The van der Waals surface area contributed by atoms with Crippen LogP contribution in [0.25, 0.3) is 10.8 Å². The van der Waals surface area contributed by atoms with Gasteiger partial charge in [0.1, 0.15) is 0 Å². The minimum atomic E-state index is 0.765. The molecule has 98 valence electrons. The van der Waals surface area contributed by atoms with Crippen LogP contribution in [0.1, 0.15) is 12.8 Å². The van der Waals surface area contributed by atoms with E-state index in [9.17, 15) is 0 Å². The molecule has 1 aromatic heterocycles. The summed E-state index contributed by atoms with van der Waals surface area (Å²) in [6.45, 7) is 4.83. The Morgan fingerprint density at radius 1 is 1.11 bits per heavy atom. The summed E-state index contributed by atoms with van der Waals surface area (Å²) < 4.78 is 0. The Morgan fingerprint density at radius 3 is 3.11 bits per heavy atom. The van der Waals surface area contributed by atoms with Gasteiger partial charge in [0.05, 0.1) is 0 Å². The van der Waals surface area contributed by atoms with E-state index in [-0.39, 0.29) is 0 Å². The second kappa shape index (κ2) is 4.49. The number of rotatable bonds is 1. The monoisotopic (exact) mass is 253 g/mol. The van der Waals surface area contributed by atoms with Gasteiger partial charge in [0.15, 0.2) is 0 Å². The lowest BCUT2D eigenvalue weighted by Crippen LogP contribution is -2.50. The van der Waals surface area contributed by atoms with E-state index < -0.39 is 0 Å². The average molecular weight is 253 g/mol. The van der Waals surface area contributed by atoms with Crippen molar-refractivity contribution in [2.75, 3.05) is 31.1 Å². The summed E-state index contributed by atoms with van der Waals surface area (Å²) in [7, 11) is 0. The predicted molar refractivity (Wildman–Crippen MR) is 78.6 cm³/mol. The van der Waals surface area contributed by atoms with Gasteiger partial charge in [0.25, 0.3) is 0 Å². The second-order valence-electron chi connectivity index (χ2n) is 5.65. The Balaban J connectivity index is 1.70. The quantitative estimate of drug-likeness (QED) is 0.778. The summed E-state index contributed by atoms with van der Waals surface area (Å²) in [5, 5.41) is 2.58. The van der Waals surface area contributed by atoms with E-state index in [1.807, 2.05) is 12.4 Å². The summed E-state index contributed by atoms with van der Waals surface area (Å²) in [6, 6.07) is 9.45. The van der Waals surface area contributed by atoms with E-state index in [0.29, 0.717) is 0 Å². The van der Waals surface area contributed by atoms with Crippen molar-refractivity contribution in [1.29, 1.82) is 0 Å². The van der Waals surface area contributed by atoms with E-state index in [1.165, 1.54) is 48.9 Å². The highest BCUT2D eigenvalue weighted by molar-refractivity contribution is 5.93. The molecule has 2 aliphatic rings. The zero-order chi connectivity index (χ0) is 12.7. The van der Waals surface area contributed by atoms with Crippen LogP contribution in [0.15, 0.2) is 36.7 Å². The van der Waals surface area contributed by atoms with Gasteiger partial charge < -0.3 is 4.90 Å². The molecular weight excluding hydrogens is 234 g/mol. The topological polar surface area (TPSA) is 19.4 Å². The highest BCUT2D eigenvalue weighted by Gasteiger charge is 2.30. The Morgan fingerprint density at radius 2 is 2.11 bits per heavy atom. The molecule has 0 spiro atoms. The lowest BCUT2D eigenvalue weighted by atomic mass is 10.1. The predicted octanol–water partition coefficient (Wildman–Crippen LogP) is 2.52. The highest BCUT2D eigenvalue weighted by Crippen LogP contribution is 2.30. The van der Waals surface area contributed by atoms with Crippen molar-refractivity contribution in [3.05, 3.63) is 36.7 Å². The van der Waals surface area contributed by atoms with E-state index in [4.69, 9.17) is 0 Å². The number of pyridine rings is 1. The largest absolute Gasteiger partial charge is 0.368 e. The lowest BCUT2D eigenvalue weighted by Gasteiger charge is -2.39. The summed E-state index contributed by atoms with van der Waals surface area (Å²) in [4.78, 5) is 9.50. The van der Waals surface area contributed by atoms with Gasteiger partial charge >= 0.3 is 0 Å². The van der Waals surface area contributed by atoms with E-state index in [2.05, 4.69) is 39.0 Å². The van der Waals surface area contributed by atoms with Gasteiger partial charge in [-0.25, -0.2) is 0 Å². The SMILES string of the molecule is c1cc(N2CCN3CCCC3C2)c2cnccc2c1. The maximum Gasteiger partial charge on any atom is 0.0462 e. The summed E-state index contributed by atoms with van der Waals surface area (Å²) in [5.41, 5.74) is 1.36. The van der Waals surface area contributed by atoms with Crippen LogP contribution >= 0.6 is 0 Å². The molecule has 0 radical (unpaired) electrons.